The molecule has 1 aliphatic rings. The van der Waals surface area contributed by atoms with Gasteiger partial charge in [-0.15, -0.1) is 11.3 Å². The average molecular weight is 462 g/mol. The van der Waals surface area contributed by atoms with Crippen LogP contribution in [0, 0.1) is 0 Å². The molecule has 0 atom stereocenters. The lowest BCUT2D eigenvalue weighted by Gasteiger charge is -2.32. The van der Waals surface area contributed by atoms with Gasteiger partial charge >= 0.3 is 7.12 Å². The number of hydrogen-bond acceptors (Lipinski definition) is 3. The molecule has 1 saturated heterocycles. The first-order valence-corrected chi connectivity index (χ1v) is 12.6. The van der Waals surface area contributed by atoms with E-state index in [4.69, 9.17) is 9.31 Å². The molecule has 0 aliphatic carbocycles. The first-order chi connectivity index (χ1) is 16.3. The molecule has 0 spiro atoms. The second kappa shape index (κ2) is 7.81. The summed E-state index contributed by atoms with van der Waals surface area (Å²) in [6.45, 7) is 8.44. The third kappa shape index (κ3) is 3.40. The van der Waals surface area contributed by atoms with Crippen LogP contribution in [0.25, 0.3) is 42.4 Å². The highest BCUT2D eigenvalue weighted by atomic mass is 32.1. The van der Waals surface area contributed by atoms with Gasteiger partial charge in [0.1, 0.15) is 0 Å². The third-order valence-electron chi connectivity index (χ3n) is 7.35. The standard InChI is InChI=1S/C30H27BO2S/c1-29(2)30(3,4)33-31(32-29)25-18-17-23(28-27(25)24-15-8-9-16-26(24)34-28)22-14-10-13-21(19-22)20-11-6-5-7-12-20/h5-19H,1-4H3. The molecule has 1 fully saturated rings. The smallest absolute Gasteiger partial charge is 0.399 e. The van der Waals surface area contributed by atoms with Crippen molar-refractivity contribution in [2.75, 3.05) is 0 Å². The predicted octanol–water partition coefficient (Wildman–Crippen LogP) is 7.69. The summed E-state index contributed by atoms with van der Waals surface area (Å²) in [4.78, 5) is 0. The summed E-state index contributed by atoms with van der Waals surface area (Å²) in [6.07, 6.45) is 0. The van der Waals surface area contributed by atoms with E-state index in [1.54, 1.807) is 0 Å². The molecule has 2 nitrogen and oxygen atoms in total. The lowest BCUT2D eigenvalue weighted by atomic mass is 9.75. The summed E-state index contributed by atoms with van der Waals surface area (Å²) in [5, 5.41) is 2.50. The fourth-order valence-electron chi connectivity index (χ4n) is 4.74. The molecule has 0 unspecified atom stereocenters. The fourth-order valence-corrected chi connectivity index (χ4v) is 6.02. The highest BCUT2D eigenvalue weighted by Gasteiger charge is 2.52. The molecule has 168 valence electrons. The van der Waals surface area contributed by atoms with Crippen molar-refractivity contribution in [3.63, 3.8) is 0 Å². The molecule has 4 heteroatoms. The number of rotatable bonds is 3. The normalized spacial score (nSPS) is 17.0. The van der Waals surface area contributed by atoms with Crippen molar-refractivity contribution in [3.8, 4) is 22.3 Å². The molecule has 0 N–H and O–H groups in total. The molecule has 4 aromatic carbocycles. The van der Waals surface area contributed by atoms with Gasteiger partial charge < -0.3 is 9.31 Å². The highest BCUT2D eigenvalue weighted by Crippen LogP contribution is 2.42. The van der Waals surface area contributed by atoms with Crippen LogP contribution in [0.4, 0.5) is 0 Å². The Morgan fingerprint density at radius 3 is 2.06 bits per heavy atom. The summed E-state index contributed by atoms with van der Waals surface area (Å²) in [5.41, 5.74) is 5.27. The first-order valence-electron chi connectivity index (χ1n) is 11.8. The van der Waals surface area contributed by atoms with Gasteiger partial charge in [0.2, 0.25) is 0 Å². The molecule has 0 amide bonds. The molecule has 5 aromatic rings. The van der Waals surface area contributed by atoms with Gasteiger partial charge in [0.05, 0.1) is 11.2 Å². The Hall–Kier alpha value is -2.92. The van der Waals surface area contributed by atoms with E-state index in [0.717, 1.165) is 5.46 Å². The molecule has 1 aromatic heterocycles. The van der Waals surface area contributed by atoms with Crippen LogP contribution < -0.4 is 5.46 Å². The molecular weight excluding hydrogens is 435 g/mol. The highest BCUT2D eigenvalue weighted by molar-refractivity contribution is 7.26. The van der Waals surface area contributed by atoms with Crippen LogP contribution in [0.3, 0.4) is 0 Å². The average Bonchev–Trinajstić information content (AvgIpc) is 3.33. The molecule has 0 bridgehead atoms. The number of benzene rings is 4. The van der Waals surface area contributed by atoms with Crippen LogP contribution in [-0.2, 0) is 9.31 Å². The van der Waals surface area contributed by atoms with E-state index in [1.807, 2.05) is 11.3 Å². The molecule has 0 saturated carbocycles. The van der Waals surface area contributed by atoms with Gasteiger partial charge in [0, 0.05) is 14.8 Å². The minimum atomic E-state index is -0.393. The van der Waals surface area contributed by atoms with Gasteiger partial charge in [0.25, 0.3) is 0 Å². The summed E-state index contributed by atoms with van der Waals surface area (Å²) in [6, 6.07) is 32.5. The largest absolute Gasteiger partial charge is 0.495 e. The van der Waals surface area contributed by atoms with Crippen molar-refractivity contribution in [2.24, 2.45) is 0 Å². The minimum absolute atomic E-state index is 0.376. The Balaban J connectivity index is 1.56. The van der Waals surface area contributed by atoms with Crippen molar-refractivity contribution in [3.05, 3.63) is 91.0 Å². The van der Waals surface area contributed by atoms with E-state index in [9.17, 15) is 0 Å². The number of thiophene rings is 1. The second-order valence-electron chi connectivity index (χ2n) is 10.0. The number of hydrogen-bond donors (Lipinski definition) is 0. The molecular formula is C30H27BO2S. The summed E-state index contributed by atoms with van der Waals surface area (Å²) in [7, 11) is -0.393. The van der Waals surface area contributed by atoms with E-state index in [0.29, 0.717) is 0 Å². The quantitative estimate of drug-likeness (QED) is 0.256. The maximum atomic E-state index is 6.48. The lowest BCUT2D eigenvalue weighted by molar-refractivity contribution is 0.00578. The SMILES string of the molecule is CC1(C)OB(c2ccc(-c3cccc(-c4ccccc4)c3)c3sc4ccccc4c23)OC1(C)C. The maximum absolute atomic E-state index is 6.48. The summed E-state index contributed by atoms with van der Waals surface area (Å²) in [5.74, 6) is 0. The van der Waals surface area contributed by atoms with E-state index >= 15 is 0 Å². The minimum Gasteiger partial charge on any atom is -0.399 e. The van der Waals surface area contributed by atoms with Crippen LogP contribution in [0.15, 0.2) is 91.0 Å². The Morgan fingerprint density at radius 1 is 0.647 bits per heavy atom. The monoisotopic (exact) mass is 462 g/mol. The van der Waals surface area contributed by atoms with Gasteiger partial charge in [-0.3, -0.25) is 0 Å². The van der Waals surface area contributed by atoms with Crippen LogP contribution in [0.5, 0.6) is 0 Å². The lowest BCUT2D eigenvalue weighted by Crippen LogP contribution is -2.41. The molecule has 0 radical (unpaired) electrons. The summed E-state index contributed by atoms with van der Waals surface area (Å²) < 4.78 is 15.5. The predicted molar refractivity (Wildman–Crippen MR) is 146 cm³/mol. The van der Waals surface area contributed by atoms with Crippen LogP contribution >= 0.6 is 11.3 Å². The zero-order valence-electron chi connectivity index (χ0n) is 20.0. The van der Waals surface area contributed by atoms with Crippen LogP contribution in [-0.4, -0.2) is 18.3 Å². The van der Waals surface area contributed by atoms with Gasteiger partial charge in [0.15, 0.2) is 0 Å². The van der Waals surface area contributed by atoms with Crippen molar-refractivity contribution in [2.45, 2.75) is 38.9 Å². The van der Waals surface area contributed by atoms with E-state index < -0.39 is 7.12 Å². The third-order valence-corrected chi connectivity index (χ3v) is 8.55. The van der Waals surface area contributed by atoms with Gasteiger partial charge in [-0.25, -0.2) is 0 Å². The molecule has 34 heavy (non-hydrogen) atoms. The molecule has 2 heterocycles. The zero-order chi connectivity index (χ0) is 23.5. The Labute approximate surface area is 205 Å². The maximum Gasteiger partial charge on any atom is 0.495 e. The van der Waals surface area contributed by atoms with Gasteiger partial charge in [-0.2, -0.15) is 0 Å². The topological polar surface area (TPSA) is 18.5 Å². The van der Waals surface area contributed by atoms with Gasteiger partial charge in [-0.1, -0.05) is 78.9 Å². The second-order valence-corrected chi connectivity index (χ2v) is 11.1. The Bertz CT molecular complexity index is 1500. The van der Waals surface area contributed by atoms with Crippen molar-refractivity contribution < 1.29 is 9.31 Å². The number of fused-ring (bicyclic) bond motifs is 3. The van der Waals surface area contributed by atoms with Crippen molar-refractivity contribution in [1.82, 2.24) is 0 Å². The Kier molecular flexibility index (Phi) is 4.96. The van der Waals surface area contributed by atoms with E-state index in [2.05, 4.69) is 119 Å². The summed E-state index contributed by atoms with van der Waals surface area (Å²) >= 11 is 1.85. The van der Waals surface area contributed by atoms with E-state index in [1.165, 1.54) is 42.4 Å². The van der Waals surface area contributed by atoms with Crippen molar-refractivity contribution in [1.29, 1.82) is 0 Å². The van der Waals surface area contributed by atoms with Crippen LogP contribution in [0.2, 0.25) is 0 Å². The molecule has 1 aliphatic heterocycles. The molecule has 6 rings (SSSR count). The zero-order valence-corrected chi connectivity index (χ0v) is 20.8. The fraction of sp³-hybridized carbons (Fsp3) is 0.200. The van der Waals surface area contributed by atoms with E-state index in [-0.39, 0.29) is 11.2 Å². The van der Waals surface area contributed by atoms with Crippen molar-refractivity contribution >= 4 is 44.1 Å². The first kappa shape index (κ1) is 21.6. The van der Waals surface area contributed by atoms with Gasteiger partial charge in [-0.05, 0) is 72.9 Å². The Morgan fingerprint density at radius 2 is 1.29 bits per heavy atom. The van der Waals surface area contributed by atoms with Crippen LogP contribution in [0.1, 0.15) is 27.7 Å².